The molecule has 0 fully saturated rings. The maximum Gasteiger partial charge on any atom is 0.0606 e. The van der Waals surface area contributed by atoms with Gasteiger partial charge in [0.1, 0.15) is 0 Å². The van der Waals surface area contributed by atoms with Gasteiger partial charge in [-0.1, -0.05) is 0 Å². The largest absolute Gasteiger partial charge is 0.395 e. The molecule has 2 rings (SSSR count). The van der Waals surface area contributed by atoms with Crippen molar-refractivity contribution in [1.82, 2.24) is 10.2 Å². The van der Waals surface area contributed by atoms with E-state index in [0.717, 1.165) is 23.6 Å². The second kappa shape index (κ2) is 6.07. The minimum Gasteiger partial charge on any atom is -0.395 e. The summed E-state index contributed by atoms with van der Waals surface area (Å²) in [5, 5.41) is 19.0. The van der Waals surface area contributed by atoms with Gasteiger partial charge < -0.3 is 15.3 Å². The van der Waals surface area contributed by atoms with Crippen LogP contribution in [0.15, 0.2) is 36.5 Å². The molecule has 0 atom stereocenters. The van der Waals surface area contributed by atoms with Gasteiger partial charge in [0.05, 0.1) is 18.8 Å². The molecule has 0 aliphatic carbocycles. The minimum absolute atomic E-state index is 0.163. The van der Waals surface area contributed by atoms with E-state index in [0.29, 0.717) is 6.54 Å². The second-order valence-electron chi connectivity index (χ2n) is 4.13. The highest BCUT2D eigenvalue weighted by molar-refractivity contribution is 5.54. The zero-order chi connectivity index (χ0) is 12.8. The molecule has 0 saturated carbocycles. The van der Waals surface area contributed by atoms with Gasteiger partial charge in [-0.2, -0.15) is 5.10 Å². The third kappa shape index (κ3) is 3.24. The number of benzene rings is 1. The van der Waals surface area contributed by atoms with E-state index in [1.807, 2.05) is 42.3 Å². The van der Waals surface area contributed by atoms with E-state index in [9.17, 15) is 0 Å². The van der Waals surface area contributed by atoms with E-state index in [1.54, 1.807) is 6.20 Å². The van der Waals surface area contributed by atoms with Crippen LogP contribution in [-0.2, 0) is 6.54 Å². The first-order valence-electron chi connectivity index (χ1n) is 5.94. The van der Waals surface area contributed by atoms with Crippen LogP contribution in [0.4, 0.5) is 11.4 Å². The van der Waals surface area contributed by atoms with E-state index >= 15 is 0 Å². The number of aromatic amines is 1. The number of anilines is 2. The molecule has 0 unspecified atom stereocenters. The summed E-state index contributed by atoms with van der Waals surface area (Å²) >= 11 is 0. The van der Waals surface area contributed by atoms with E-state index in [-0.39, 0.29) is 6.61 Å². The van der Waals surface area contributed by atoms with Gasteiger partial charge >= 0.3 is 0 Å². The van der Waals surface area contributed by atoms with Gasteiger partial charge in [-0.05, 0) is 30.3 Å². The fraction of sp³-hybridized carbons (Fsp3) is 0.308. The lowest BCUT2D eigenvalue weighted by Gasteiger charge is -2.18. The molecule has 0 spiro atoms. The summed E-state index contributed by atoms with van der Waals surface area (Å²) in [6.07, 6.45) is 1.74. The molecule has 2 aromatic rings. The van der Waals surface area contributed by atoms with Crippen molar-refractivity contribution in [2.24, 2.45) is 0 Å². The van der Waals surface area contributed by atoms with E-state index in [4.69, 9.17) is 5.11 Å². The van der Waals surface area contributed by atoms with Crippen molar-refractivity contribution in [3.63, 3.8) is 0 Å². The van der Waals surface area contributed by atoms with Crippen molar-refractivity contribution in [3.05, 3.63) is 42.2 Å². The average Bonchev–Trinajstić information content (AvgIpc) is 2.90. The third-order valence-corrected chi connectivity index (χ3v) is 2.78. The lowest BCUT2D eigenvalue weighted by molar-refractivity contribution is 0.304. The van der Waals surface area contributed by atoms with Crippen molar-refractivity contribution >= 4 is 11.4 Å². The molecule has 1 aromatic heterocycles. The van der Waals surface area contributed by atoms with Gasteiger partial charge in [0, 0.05) is 31.2 Å². The Morgan fingerprint density at radius 1 is 1.28 bits per heavy atom. The molecule has 1 aromatic carbocycles. The highest BCUT2D eigenvalue weighted by atomic mass is 16.3. The Hall–Kier alpha value is -2.01. The van der Waals surface area contributed by atoms with E-state index < -0.39 is 0 Å². The maximum absolute atomic E-state index is 8.88. The van der Waals surface area contributed by atoms with Crippen LogP contribution in [0.5, 0.6) is 0 Å². The number of nitrogens with one attached hydrogen (secondary N) is 2. The van der Waals surface area contributed by atoms with E-state index in [2.05, 4.69) is 15.5 Å². The lowest BCUT2D eigenvalue weighted by Crippen LogP contribution is -2.20. The van der Waals surface area contributed by atoms with Crippen LogP contribution in [0.2, 0.25) is 0 Å². The fourth-order valence-corrected chi connectivity index (χ4v) is 1.69. The highest BCUT2D eigenvalue weighted by Crippen LogP contribution is 2.16. The quantitative estimate of drug-likeness (QED) is 0.722. The topological polar surface area (TPSA) is 64.2 Å². The number of likely N-dealkylation sites (N-methyl/N-ethyl adjacent to an activating group) is 1. The molecule has 1 heterocycles. The van der Waals surface area contributed by atoms with Crippen molar-refractivity contribution in [3.8, 4) is 0 Å². The standard InChI is InChI=1S/C13H18N4O/c1-17(8-9-18)13-4-2-11(3-5-13)14-10-12-6-7-15-16-12/h2-7,14,18H,8-10H2,1H3,(H,15,16). The maximum atomic E-state index is 8.88. The van der Waals surface area contributed by atoms with Crippen LogP contribution >= 0.6 is 0 Å². The monoisotopic (exact) mass is 246 g/mol. The van der Waals surface area contributed by atoms with Gasteiger partial charge in [0.15, 0.2) is 0 Å². The van der Waals surface area contributed by atoms with Crippen LogP contribution < -0.4 is 10.2 Å². The molecular formula is C13H18N4O. The van der Waals surface area contributed by atoms with Crippen molar-refractivity contribution in [2.45, 2.75) is 6.54 Å². The zero-order valence-corrected chi connectivity index (χ0v) is 10.4. The summed E-state index contributed by atoms with van der Waals surface area (Å²) in [5.74, 6) is 0. The highest BCUT2D eigenvalue weighted by Gasteiger charge is 2.00. The summed E-state index contributed by atoms with van der Waals surface area (Å²) in [7, 11) is 1.96. The predicted octanol–water partition coefficient (Wildman–Crippen LogP) is 1.45. The fourth-order valence-electron chi connectivity index (χ4n) is 1.69. The van der Waals surface area contributed by atoms with E-state index in [1.165, 1.54) is 0 Å². The molecule has 0 amide bonds. The van der Waals surface area contributed by atoms with Crippen molar-refractivity contribution in [1.29, 1.82) is 0 Å². The van der Waals surface area contributed by atoms with Crippen LogP contribution in [0.1, 0.15) is 5.69 Å². The Labute approximate surface area is 106 Å². The number of rotatable bonds is 6. The minimum atomic E-state index is 0.163. The van der Waals surface area contributed by atoms with Gasteiger partial charge in [-0.25, -0.2) is 0 Å². The Balaban J connectivity index is 1.91. The summed E-state index contributed by atoms with van der Waals surface area (Å²) in [5.41, 5.74) is 3.21. The first-order chi connectivity index (χ1) is 8.79. The van der Waals surface area contributed by atoms with Crippen LogP contribution in [0.3, 0.4) is 0 Å². The third-order valence-electron chi connectivity index (χ3n) is 2.78. The van der Waals surface area contributed by atoms with Crippen molar-refractivity contribution in [2.75, 3.05) is 30.4 Å². The SMILES string of the molecule is CN(CCO)c1ccc(NCc2ccn[nH]2)cc1. The number of aliphatic hydroxyl groups excluding tert-OH is 1. The number of aromatic nitrogens is 2. The molecule has 0 bridgehead atoms. The van der Waals surface area contributed by atoms with Crippen LogP contribution in [-0.4, -0.2) is 35.5 Å². The molecule has 0 aliphatic rings. The number of nitrogens with zero attached hydrogens (tertiary/aromatic N) is 2. The van der Waals surface area contributed by atoms with Gasteiger partial charge in [0.2, 0.25) is 0 Å². The summed E-state index contributed by atoms with van der Waals surface area (Å²) in [6, 6.07) is 10.1. The zero-order valence-electron chi connectivity index (χ0n) is 10.4. The normalized spacial score (nSPS) is 10.3. The van der Waals surface area contributed by atoms with Crippen molar-refractivity contribution < 1.29 is 5.11 Å². The molecule has 96 valence electrons. The Morgan fingerprint density at radius 3 is 2.67 bits per heavy atom. The second-order valence-corrected chi connectivity index (χ2v) is 4.13. The van der Waals surface area contributed by atoms with Gasteiger partial charge in [-0.3, -0.25) is 5.10 Å². The lowest BCUT2D eigenvalue weighted by atomic mass is 10.2. The van der Waals surface area contributed by atoms with Crippen LogP contribution in [0, 0.1) is 0 Å². The van der Waals surface area contributed by atoms with Gasteiger partial charge in [0.25, 0.3) is 0 Å². The summed E-state index contributed by atoms with van der Waals surface area (Å²) in [6.45, 7) is 1.53. The molecule has 3 N–H and O–H groups in total. The van der Waals surface area contributed by atoms with Crippen LogP contribution in [0.25, 0.3) is 0 Å². The Kier molecular flexibility index (Phi) is 4.20. The Bertz CT molecular complexity index is 452. The molecule has 5 heteroatoms. The average molecular weight is 246 g/mol. The molecule has 5 nitrogen and oxygen atoms in total. The number of hydrogen-bond donors (Lipinski definition) is 3. The first kappa shape index (κ1) is 12.4. The Morgan fingerprint density at radius 2 is 2.06 bits per heavy atom. The smallest absolute Gasteiger partial charge is 0.0606 e. The van der Waals surface area contributed by atoms with Gasteiger partial charge in [-0.15, -0.1) is 0 Å². The molecule has 0 radical (unpaired) electrons. The first-order valence-corrected chi connectivity index (χ1v) is 5.94. The number of H-pyrrole nitrogens is 1. The predicted molar refractivity (Wildman–Crippen MR) is 72.7 cm³/mol. The molecule has 18 heavy (non-hydrogen) atoms. The number of aliphatic hydroxyl groups is 1. The molecule has 0 saturated heterocycles. The molecular weight excluding hydrogens is 228 g/mol. The summed E-state index contributed by atoms with van der Waals surface area (Å²) < 4.78 is 0. The number of hydrogen-bond acceptors (Lipinski definition) is 4. The summed E-state index contributed by atoms with van der Waals surface area (Å²) in [4.78, 5) is 2.01. The molecule has 0 aliphatic heterocycles.